The first-order valence-electron chi connectivity index (χ1n) is 12.7. The highest BCUT2D eigenvalue weighted by molar-refractivity contribution is 5.91. The van der Waals surface area contributed by atoms with Crippen molar-refractivity contribution in [1.82, 2.24) is 14.5 Å². The Morgan fingerprint density at radius 3 is 2.08 bits per heavy atom. The Morgan fingerprint density at radius 2 is 1.55 bits per heavy atom. The zero-order valence-corrected chi connectivity index (χ0v) is 22.1. The van der Waals surface area contributed by atoms with Crippen molar-refractivity contribution in [3.8, 4) is 5.69 Å². The van der Waals surface area contributed by atoms with E-state index >= 15 is 0 Å². The molecule has 0 bridgehead atoms. The summed E-state index contributed by atoms with van der Waals surface area (Å²) in [4.78, 5) is 35.1. The van der Waals surface area contributed by atoms with Crippen LogP contribution in [0.1, 0.15) is 39.8 Å². The molecule has 0 saturated heterocycles. The highest BCUT2D eigenvalue weighted by Crippen LogP contribution is 2.33. The number of carboxylic acids is 1. The van der Waals surface area contributed by atoms with Crippen LogP contribution < -0.4 is 4.90 Å². The third kappa shape index (κ3) is 4.56. The summed E-state index contributed by atoms with van der Waals surface area (Å²) >= 11 is 0. The Hall–Kier alpha value is -4.39. The molecule has 7 nitrogen and oxygen atoms in total. The Bertz CT molecular complexity index is 1440. The van der Waals surface area contributed by atoms with E-state index in [1.807, 2.05) is 92.3 Å². The van der Waals surface area contributed by atoms with Gasteiger partial charge in [0.25, 0.3) is 0 Å². The fraction of sp³-hybridized carbons (Fsp3) is 0.258. The zero-order valence-electron chi connectivity index (χ0n) is 22.1. The van der Waals surface area contributed by atoms with Crippen LogP contribution in [0.25, 0.3) is 5.69 Å². The number of anilines is 1. The third-order valence-corrected chi connectivity index (χ3v) is 7.31. The summed E-state index contributed by atoms with van der Waals surface area (Å²) in [5.74, 6) is -1.09. The van der Waals surface area contributed by atoms with Crippen LogP contribution in [0.2, 0.25) is 0 Å². The molecule has 5 rings (SSSR count). The first-order chi connectivity index (χ1) is 18.3. The van der Waals surface area contributed by atoms with Crippen molar-refractivity contribution in [2.24, 2.45) is 0 Å². The number of carbonyl (C=O) groups excluding carboxylic acids is 1. The molecule has 3 aromatic carbocycles. The Balaban J connectivity index is 1.56. The van der Waals surface area contributed by atoms with Crippen molar-refractivity contribution >= 4 is 17.6 Å². The summed E-state index contributed by atoms with van der Waals surface area (Å²) in [6.07, 6.45) is 0.183. The van der Waals surface area contributed by atoms with E-state index in [0.717, 1.165) is 45.3 Å². The van der Waals surface area contributed by atoms with Gasteiger partial charge in [-0.2, -0.15) is 0 Å². The standard InChI is InChI=1S/C31H32N4O3/c1-20-17-24(15-16-26(20)33(3)4)35-21(2)32-25-19-34(28(31(37)38)18-27(25)35)30(36)29(22-11-7-5-8-12-22)23-13-9-6-10-14-23/h5-17,28-29H,18-19H2,1-4H3,(H,37,38). The van der Waals surface area contributed by atoms with Gasteiger partial charge < -0.3 is 19.5 Å². The van der Waals surface area contributed by atoms with Crippen molar-refractivity contribution in [2.75, 3.05) is 19.0 Å². The molecule has 1 unspecified atom stereocenters. The minimum Gasteiger partial charge on any atom is -0.480 e. The van der Waals surface area contributed by atoms with Crippen molar-refractivity contribution in [1.29, 1.82) is 0 Å². The first-order valence-corrected chi connectivity index (χ1v) is 12.7. The van der Waals surface area contributed by atoms with Crippen LogP contribution in [0.5, 0.6) is 0 Å². The van der Waals surface area contributed by atoms with Gasteiger partial charge in [0, 0.05) is 31.9 Å². The minimum absolute atomic E-state index is 0.143. The number of rotatable bonds is 6. The summed E-state index contributed by atoms with van der Waals surface area (Å²) in [7, 11) is 4.01. The van der Waals surface area contributed by atoms with E-state index in [2.05, 4.69) is 24.0 Å². The van der Waals surface area contributed by atoms with E-state index in [0.29, 0.717) is 0 Å². The van der Waals surface area contributed by atoms with Crippen molar-refractivity contribution in [3.05, 3.63) is 113 Å². The lowest BCUT2D eigenvalue weighted by Crippen LogP contribution is -2.50. The quantitative estimate of drug-likeness (QED) is 0.408. The van der Waals surface area contributed by atoms with E-state index in [4.69, 9.17) is 4.98 Å². The number of benzene rings is 3. The molecule has 7 heteroatoms. The molecule has 1 aliphatic heterocycles. The van der Waals surface area contributed by atoms with Crippen molar-refractivity contribution in [2.45, 2.75) is 38.8 Å². The summed E-state index contributed by atoms with van der Waals surface area (Å²) in [6.45, 7) is 4.13. The maximum absolute atomic E-state index is 14.2. The van der Waals surface area contributed by atoms with Gasteiger partial charge in [0.05, 0.1) is 23.9 Å². The molecule has 4 aromatic rings. The lowest BCUT2D eigenvalue weighted by molar-refractivity contribution is -0.151. The van der Waals surface area contributed by atoms with Gasteiger partial charge in [-0.1, -0.05) is 60.7 Å². The number of aliphatic carboxylic acids is 1. The molecule has 0 spiro atoms. The van der Waals surface area contributed by atoms with Gasteiger partial charge in [-0.3, -0.25) is 4.79 Å². The minimum atomic E-state index is -1.02. The molecule has 0 aliphatic carbocycles. The number of amides is 1. The van der Waals surface area contributed by atoms with Gasteiger partial charge in [-0.25, -0.2) is 9.78 Å². The molecule has 2 heterocycles. The van der Waals surface area contributed by atoms with E-state index in [-0.39, 0.29) is 18.9 Å². The number of carbonyl (C=O) groups is 2. The van der Waals surface area contributed by atoms with Gasteiger partial charge in [-0.15, -0.1) is 0 Å². The molecule has 1 N–H and O–H groups in total. The largest absolute Gasteiger partial charge is 0.480 e. The summed E-state index contributed by atoms with van der Waals surface area (Å²) < 4.78 is 2.03. The van der Waals surface area contributed by atoms with Crippen LogP contribution >= 0.6 is 0 Å². The van der Waals surface area contributed by atoms with Crippen LogP contribution in [-0.2, 0) is 22.6 Å². The molecule has 0 fully saturated rings. The number of aromatic nitrogens is 2. The molecule has 1 atom stereocenters. The second kappa shape index (κ2) is 10.2. The second-order valence-electron chi connectivity index (χ2n) is 10.0. The number of hydrogen-bond donors (Lipinski definition) is 1. The van der Waals surface area contributed by atoms with Gasteiger partial charge in [0.15, 0.2) is 0 Å². The molecular formula is C31H32N4O3. The third-order valence-electron chi connectivity index (χ3n) is 7.31. The molecule has 1 aliphatic rings. The Morgan fingerprint density at radius 1 is 0.947 bits per heavy atom. The highest BCUT2D eigenvalue weighted by atomic mass is 16.4. The molecule has 38 heavy (non-hydrogen) atoms. The normalized spacial score (nSPS) is 14.9. The van der Waals surface area contributed by atoms with Crippen molar-refractivity contribution in [3.63, 3.8) is 0 Å². The van der Waals surface area contributed by atoms with Gasteiger partial charge in [0.2, 0.25) is 5.91 Å². The van der Waals surface area contributed by atoms with Gasteiger partial charge >= 0.3 is 5.97 Å². The molecule has 1 amide bonds. The van der Waals surface area contributed by atoms with E-state index in [9.17, 15) is 14.7 Å². The smallest absolute Gasteiger partial charge is 0.326 e. The zero-order chi connectivity index (χ0) is 27.0. The monoisotopic (exact) mass is 508 g/mol. The average Bonchev–Trinajstić information content (AvgIpc) is 3.23. The van der Waals surface area contributed by atoms with Crippen LogP contribution in [0.4, 0.5) is 5.69 Å². The Labute approximate surface area is 223 Å². The number of nitrogens with zero attached hydrogens (tertiary/aromatic N) is 4. The lowest BCUT2D eigenvalue weighted by Gasteiger charge is -2.35. The maximum Gasteiger partial charge on any atom is 0.326 e. The van der Waals surface area contributed by atoms with Crippen LogP contribution in [0, 0.1) is 13.8 Å². The van der Waals surface area contributed by atoms with E-state index in [1.54, 1.807) is 0 Å². The second-order valence-corrected chi connectivity index (χ2v) is 10.0. The summed E-state index contributed by atoms with van der Waals surface area (Å²) in [6, 6.07) is 24.3. The van der Waals surface area contributed by atoms with E-state index in [1.165, 1.54) is 4.90 Å². The summed E-state index contributed by atoms with van der Waals surface area (Å²) in [5.41, 5.74) is 6.41. The number of hydrogen-bond acceptors (Lipinski definition) is 4. The number of fused-ring (bicyclic) bond motifs is 1. The lowest BCUT2D eigenvalue weighted by atomic mass is 9.88. The number of imidazole rings is 1. The van der Waals surface area contributed by atoms with Gasteiger partial charge in [-0.05, 0) is 48.7 Å². The van der Waals surface area contributed by atoms with Crippen molar-refractivity contribution < 1.29 is 14.7 Å². The predicted molar refractivity (Wildman–Crippen MR) is 148 cm³/mol. The molecule has 194 valence electrons. The highest BCUT2D eigenvalue weighted by Gasteiger charge is 2.40. The molecular weight excluding hydrogens is 476 g/mol. The fourth-order valence-corrected chi connectivity index (χ4v) is 5.54. The van der Waals surface area contributed by atoms with Crippen LogP contribution in [0.3, 0.4) is 0 Å². The summed E-state index contributed by atoms with van der Waals surface area (Å²) in [5, 5.41) is 10.3. The SMILES string of the molecule is Cc1cc(-n2c(C)nc3c2CC(C(=O)O)N(C(=O)C(c2ccccc2)c2ccccc2)C3)ccc1N(C)C. The molecule has 0 saturated carbocycles. The number of aryl methyl sites for hydroxylation is 2. The van der Waals surface area contributed by atoms with Gasteiger partial charge in [0.1, 0.15) is 11.9 Å². The van der Waals surface area contributed by atoms with E-state index < -0.39 is 17.9 Å². The van der Waals surface area contributed by atoms with Crippen LogP contribution in [-0.4, -0.2) is 51.6 Å². The van der Waals surface area contributed by atoms with Crippen LogP contribution in [0.15, 0.2) is 78.9 Å². The fourth-order valence-electron chi connectivity index (χ4n) is 5.54. The molecule has 1 aromatic heterocycles. The first kappa shape index (κ1) is 25.3. The Kier molecular flexibility index (Phi) is 6.76. The average molecular weight is 509 g/mol. The molecule has 0 radical (unpaired) electrons. The topological polar surface area (TPSA) is 78.7 Å². The maximum atomic E-state index is 14.2. The predicted octanol–water partition coefficient (Wildman–Crippen LogP) is 4.73. The number of carboxylic acid groups (broad SMARTS) is 1.